The number of carbonyl (C=O) groups is 1. The van der Waals surface area contributed by atoms with Gasteiger partial charge in [0.05, 0.1) is 19.6 Å². The molecule has 5 heteroatoms. The van der Waals surface area contributed by atoms with E-state index < -0.39 is 5.97 Å². The fraction of sp³-hybridized carbons (Fsp3) is 0.423. The van der Waals surface area contributed by atoms with E-state index in [9.17, 15) is 9.90 Å². The minimum atomic E-state index is -0.711. The summed E-state index contributed by atoms with van der Waals surface area (Å²) in [5.74, 6) is 0.426. The normalized spacial score (nSPS) is 15.6. The molecule has 1 atom stereocenters. The third-order valence-electron chi connectivity index (χ3n) is 6.28. The van der Waals surface area contributed by atoms with Gasteiger partial charge in [0.15, 0.2) is 11.5 Å². The predicted octanol–water partition coefficient (Wildman–Crippen LogP) is 5.55. The van der Waals surface area contributed by atoms with Crippen LogP contribution in [0.1, 0.15) is 48.9 Å². The molecule has 0 spiro atoms. The Balaban J connectivity index is 1.34. The second kappa shape index (κ2) is 9.90. The van der Waals surface area contributed by atoms with Gasteiger partial charge in [-0.1, -0.05) is 43.2 Å². The number of aromatic amines is 1. The minimum absolute atomic E-state index is 0.311. The van der Waals surface area contributed by atoms with Gasteiger partial charge in [0.1, 0.15) is 0 Å². The number of aliphatic carboxylic acids is 1. The molecule has 1 aliphatic carbocycles. The van der Waals surface area contributed by atoms with E-state index in [1.807, 2.05) is 12.1 Å². The third-order valence-corrected chi connectivity index (χ3v) is 6.28. The Bertz CT molecular complexity index is 1020. The number of hydrogen-bond acceptors (Lipinski definition) is 3. The number of ether oxygens (including phenoxy) is 2. The molecule has 5 nitrogen and oxygen atoms in total. The molecule has 2 N–H and O–H groups in total. The SMILES string of the molecule is COc1cc2[nH]c3c(c2cc1OCCCCCCc1ccccc1)CC(C(=O)O)CC3. The number of unbranched alkanes of at least 4 members (excludes halogenated alkanes) is 3. The van der Waals surface area contributed by atoms with Crippen molar-refractivity contribution >= 4 is 16.9 Å². The van der Waals surface area contributed by atoms with Crippen molar-refractivity contribution in [3.8, 4) is 11.5 Å². The molecule has 31 heavy (non-hydrogen) atoms. The van der Waals surface area contributed by atoms with E-state index in [1.54, 1.807) is 7.11 Å². The fourth-order valence-corrected chi connectivity index (χ4v) is 4.52. The number of hydrogen-bond donors (Lipinski definition) is 2. The van der Waals surface area contributed by atoms with Gasteiger partial charge in [-0.15, -0.1) is 0 Å². The van der Waals surface area contributed by atoms with Gasteiger partial charge in [-0.25, -0.2) is 0 Å². The minimum Gasteiger partial charge on any atom is -0.493 e. The molecule has 1 aromatic heterocycles. The first kappa shape index (κ1) is 21.3. The molecule has 0 fully saturated rings. The van der Waals surface area contributed by atoms with E-state index in [2.05, 4.69) is 35.3 Å². The molecule has 1 aliphatic rings. The summed E-state index contributed by atoms with van der Waals surface area (Å²) in [6.07, 6.45) is 7.66. The molecule has 0 saturated carbocycles. The van der Waals surface area contributed by atoms with E-state index in [4.69, 9.17) is 9.47 Å². The molecule has 0 radical (unpaired) electrons. The van der Waals surface area contributed by atoms with Crippen LogP contribution in [0.5, 0.6) is 11.5 Å². The highest BCUT2D eigenvalue weighted by molar-refractivity contribution is 5.89. The quantitative estimate of drug-likeness (QED) is 0.421. The maximum atomic E-state index is 11.5. The Morgan fingerprint density at radius 3 is 2.68 bits per heavy atom. The van der Waals surface area contributed by atoms with E-state index in [0.29, 0.717) is 25.2 Å². The molecule has 4 rings (SSSR count). The van der Waals surface area contributed by atoms with E-state index in [-0.39, 0.29) is 5.92 Å². The zero-order chi connectivity index (χ0) is 21.6. The van der Waals surface area contributed by atoms with Crippen molar-refractivity contribution in [2.24, 2.45) is 5.92 Å². The number of rotatable bonds is 10. The number of aryl methyl sites for hydroxylation is 2. The van der Waals surface area contributed by atoms with Gasteiger partial charge >= 0.3 is 5.97 Å². The lowest BCUT2D eigenvalue weighted by atomic mass is 9.86. The number of methoxy groups -OCH3 is 1. The second-order valence-corrected chi connectivity index (χ2v) is 8.41. The zero-order valence-electron chi connectivity index (χ0n) is 18.2. The first-order chi connectivity index (χ1) is 15.2. The Morgan fingerprint density at radius 2 is 1.90 bits per heavy atom. The highest BCUT2D eigenvalue weighted by Crippen LogP contribution is 2.38. The summed E-state index contributed by atoms with van der Waals surface area (Å²) >= 11 is 0. The second-order valence-electron chi connectivity index (χ2n) is 8.41. The van der Waals surface area contributed by atoms with Crippen LogP contribution in [-0.2, 0) is 24.1 Å². The van der Waals surface area contributed by atoms with Crippen LogP contribution in [0, 0.1) is 5.92 Å². The van der Waals surface area contributed by atoms with Crippen LogP contribution in [0.4, 0.5) is 0 Å². The van der Waals surface area contributed by atoms with E-state index in [1.165, 1.54) is 18.4 Å². The van der Waals surface area contributed by atoms with Crippen molar-refractivity contribution in [3.05, 3.63) is 59.3 Å². The van der Waals surface area contributed by atoms with Crippen LogP contribution in [0.25, 0.3) is 10.9 Å². The summed E-state index contributed by atoms with van der Waals surface area (Å²) in [6, 6.07) is 14.6. The Hall–Kier alpha value is -2.95. The van der Waals surface area contributed by atoms with Crippen LogP contribution >= 0.6 is 0 Å². The summed E-state index contributed by atoms with van der Waals surface area (Å²) in [5.41, 5.74) is 4.64. The molecule has 1 heterocycles. The third kappa shape index (κ3) is 5.04. The number of aromatic nitrogens is 1. The van der Waals surface area contributed by atoms with Gasteiger partial charge in [0.25, 0.3) is 0 Å². The van der Waals surface area contributed by atoms with Gasteiger partial charge in [-0.2, -0.15) is 0 Å². The number of carboxylic acids is 1. The van der Waals surface area contributed by atoms with E-state index >= 15 is 0 Å². The first-order valence-electron chi connectivity index (χ1n) is 11.3. The number of benzene rings is 2. The molecule has 0 amide bonds. The topological polar surface area (TPSA) is 71.5 Å². The molecule has 3 aromatic rings. The monoisotopic (exact) mass is 421 g/mol. The van der Waals surface area contributed by atoms with Gasteiger partial charge in [0, 0.05) is 22.7 Å². The largest absolute Gasteiger partial charge is 0.493 e. The van der Waals surface area contributed by atoms with E-state index in [0.717, 1.165) is 53.6 Å². The van der Waals surface area contributed by atoms with Crippen molar-refractivity contribution < 1.29 is 19.4 Å². The standard InChI is InChI=1S/C26H31NO4/c1-30-24-17-23-21(20-15-19(26(28)29)12-13-22(20)27-23)16-25(24)31-14-8-3-2-5-9-18-10-6-4-7-11-18/h4,6-7,10-11,16-17,19,27H,2-3,5,8-9,12-15H2,1H3,(H,28,29). The maximum absolute atomic E-state index is 11.5. The van der Waals surface area contributed by atoms with Crippen molar-refractivity contribution in [1.82, 2.24) is 4.98 Å². The van der Waals surface area contributed by atoms with Gasteiger partial charge in [-0.05, 0) is 55.7 Å². The Kier molecular flexibility index (Phi) is 6.80. The van der Waals surface area contributed by atoms with Crippen LogP contribution in [0.15, 0.2) is 42.5 Å². The van der Waals surface area contributed by atoms with Gasteiger partial charge in [0.2, 0.25) is 0 Å². The predicted molar refractivity (Wildman–Crippen MR) is 122 cm³/mol. The summed E-state index contributed by atoms with van der Waals surface area (Å²) in [6.45, 7) is 0.650. The van der Waals surface area contributed by atoms with Crippen molar-refractivity contribution in [2.75, 3.05) is 13.7 Å². The van der Waals surface area contributed by atoms with Gasteiger partial charge < -0.3 is 19.6 Å². The van der Waals surface area contributed by atoms with Crippen LogP contribution < -0.4 is 9.47 Å². The van der Waals surface area contributed by atoms with Crippen molar-refractivity contribution in [1.29, 1.82) is 0 Å². The average molecular weight is 422 g/mol. The molecule has 164 valence electrons. The van der Waals surface area contributed by atoms with Crippen LogP contribution in [0.2, 0.25) is 0 Å². The molecule has 0 bridgehead atoms. The lowest BCUT2D eigenvalue weighted by Gasteiger charge is -2.18. The van der Waals surface area contributed by atoms with Crippen LogP contribution in [-0.4, -0.2) is 29.8 Å². The number of nitrogens with one attached hydrogen (secondary N) is 1. The Morgan fingerprint density at radius 1 is 1.10 bits per heavy atom. The lowest BCUT2D eigenvalue weighted by molar-refractivity contribution is -0.142. The van der Waals surface area contributed by atoms with Crippen molar-refractivity contribution in [3.63, 3.8) is 0 Å². The molecular weight excluding hydrogens is 390 g/mol. The fourth-order valence-electron chi connectivity index (χ4n) is 4.52. The summed E-state index contributed by atoms with van der Waals surface area (Å²) < 4.78 is 11.6. The maximum Gasteiger partial charge on any atom is 0.306 e. The molecular formula is C26H31NO4. The average Bonchev–Trinajstić information content (AvgIpc) is 3.15. The molecule has 0 aliphatic heterocycles. The van der Waals surface area contributed by atoms with Gasteiger partial charge in [-0.3, -0.25) is 4.79 Å². The highest BCUT2D eigenvalue weighted by Gasteiger charge is 2.27. The number of fused-ring (bicyclic) bond motifs is 3. The smallest absolute Gasteiger partial charge is 0.306 e. The first-order valence-corrected chi connectivity index (χ1v) is 11.3. The summed E-state index contributed by atoms with van der Waals surface area (Å²) in [7, 11) is 1.65. The lowest BCUT2D eigenvalue weighted by Crippen LogP contribution is -2.21. The zero-order valence-corrected chi connectivity index (χ0v) is 18.2. The van der Waals surface area contributed by atoms with Crippen LogP contribution in [0.3, 0.4) is 0 Å². The van der Waals surface area contributed by atoms with Crippen molar-refractivity contribution in [2.45, 2.75) is 51.4 Å². The summed E-state index contributed by atoms with van der Waals surface area (Å²) in [5, 5.41) is 10.5. The molecule has 2 aromatic carbocycles. The highest BCUT2D eigenvalue weighted by atomic mass is 16.5. The Labute approximate surface area is 183 Å². The number of carboxylic acid groups (broad SMARTS) is 1. The molecule has 0 saturated heterocycles. The summed E-state index contributed by atoms with van der Waals surface area (Å²) in [4.78, 5) is 14.9. The number of H-pyrrole nitrogens is 1. The molecule has 1 unspecified atom stereocenters.